The molecular formula is C12H14N6O2. The van der Waals surface area contributed by atoms with Crippen LogP contribution >= 0.6 is 0 Å². The van der Waals surface area contributed by atoms with Crippen LogP contribution < -0.4 is 11.0 Å². The second kappa shape index (κ2) is 3.44. The van der Waals surface area contributed by atoms with Gasteiger partial charge in [0.1, 0.15) is 6.33 Å². The van der Waals surface area contributed by atoms with Crippen molar-refractivity contribution >= 4 is 11.6 Å². The van der Waals surface area contributed by atoms with Crippen molar-refractivity contribution in [1.82, 2.24) is 29.7 Å². The third-order valence-corrected chi connectivity index (χ3v) is 4.68. The molecule has 20 heavy (non-hydrogen) atoms. The Morgan fingerprint density at radius 1 is 1.50 bits per heavy atom. The predicted molar refractivity (Wildman–Crippen MR) is 68.1 cm³/mol. The molecule has 3 aliphatic rings. The molecule has 1 amide bonds. The van der Waals surface area contributed by atoms with Gasteiger partial charge in [0, 0.05) is 13.1 Å². The van der Waals surface area contributed by atoms with E-state index < -0.39 is 0 Å². The summed E-state index contributed by atoms with van der Waals surface area (Å²) in [5.41, 5.74) is 0.228. The van der Waals surface area contributed by atoms with Crippen molar-refractivity contribution in [2.24, 2.45) is 18.4 Å². The van der Waals surface area contributed by atoms with E-state index in [1.807, 2.05) is 0 Å². The van der Waals surface area contributed by atoms with Crippen molar-refractivity contribution in [2.45, 2.75) is 25.8 Å². The molecule has 2 heterocycles. The van der Waals surface area contributed by atoms with E-state index in [0.717, 1.165) is 4.68 Å². The maximum Gasteiger partial charge on any atom is 0.352 e. The molecule has 2 aromatic rings. The molecule has 1 N–H and O–H groups in total. The summed E-state index contributed by atoms with van der Waals surface area (Å²) in [7, 11) is 1.50. The van der Waals surface area contributed by atoms with Crippen LogP contribution in [-0.4, -0.2) is 36.3 Å². The molecular weight excluding hydrogens is 260 g/mol. The van der Waals surface area contributed by atoms with Crippen LogP contribution in [0.4, 0.5) is 0 Å². The first-order valence-corrected chi connectivity index (χ1v) is 6.57. The molecule has 1 unspecified atom stereocenters. The lowest BCUT2D eigenvalue weighted by atomic mass is 9.42. The van der Waals surface area contributed by atoms with Crippen LogP contribution in [0.1, 0.15) is 30.3 Å². The Morgan fingerprint density at radius 3 is 2.85 bits per heavy atom. The number of amides is 1. The lowest BCUT2D eigenvalue weighted by Gasteiger charge is -2.66. The molecule has 0 saturated heterocycles. The second-order valence-electron chi connectivity index (χ2n) is 6.06. The number of rotatable bonds is 2. The van der Waals surface area contributed by atoms with Crippen molar-refractivity contribution < 1.29 is 4.79 Å². The van der Waals surface area contributed by atoms with Crippen LogP contribution in [0.25, 0.3) is 5.65 Å². The number of carbonyl (C=O) groups excluding carboxylic acids is 1. The van der Waals surface area contributed by atoms with Gasteiger partial charge in [-0.05, 0) is 24.2 Å². The van der Waals surface area contributed by atoms with Gasteiger partial charge in [-0.25, -0.2) is 14.2 Å². The summed E-state index contributed by atoms with van der Waals surface area (Å²) in [6.07, 6.45) is 3.68. The van der Waals surface area contributed by atoms with E-state index in [2.05, 4.69) is 27.5 Å². The molecule has 0 radical (unpaired) electrons. The highest BCUT2D eigenvalue weighted by Crippen LogP contribution is 2.63. The summed E-state index contributed by atoms with van der Waals surface area (Å²) in [6.45, 7) is 2.18. The maximum absolute atomic E-state index is 12.3. The minimum absolute atomic E-state index is 0.158. The zero-order valence-corrected chi connectivity index (χ0v) is 11.2. The number of imidazole rings is 1. The highest BCUT2D eigenvalue weighted by atomic mass is 16.2. The fourth-order valence-electron chi connectivity index (χ4n) is 3.42. The zero-order chi connectivity index (χ0) is 14.1. The van der Waals surface area contributed by atoms with Gasteiger partial charge in [-0.2, -0.15) is 4.68 Å². The quantitative estimate of drug-likeness (QED) is 0.785. The van der Waals surface area contributed by atoms with Gasteiger partial charge in [-0.1, -0.05) is 12.1 Å². The molecule has 0 spiro atoms. The first-order valence-electron chi connectivity index (χ1n) is 6.57. The molecule has 2 aromatic heterocycles. The lowest BCUT2D eigenvalue weighted by molar-refractivity contribution is -0.132. The summed E-state index contributed by atoms with van der Waals surface area (Å²) in [5, 5.41) is 10.6. The molecule has 3 fully saturated rings. The van der Waals surface area contributed by atoms with Gasteiger partial charge in [0.2, 0.25) is 0 Å². The topological polar surface area (TPSA) is 94.2 Å². The maximum atomic E-state index is 12.3. The van der Waals surface area contributed by atoms with Crippen LogP contribution in [0.5, 0.6) is 0 Å². The van der Waals surface area contributed by atoms with Gasteiger partial charge in [0.15, 0.2) is 11.3 Å². The summed E-state index contributed by atoms with van der Waals surface area (Å²) in [4.78, 5) is 28.1. The van der Waals surface area contributed by atoms with Gasteiger partial charge >= 0.3 is 5.69 Å². The largest absolute Gasteiger partial charge is 0.352 e. The number of hydrogen-bond donors (Lipinski definition) is 1. The third-order valence-electron chi connectivity index (χ3n) is 4.68. The first kappa shape index (κ1) is 11.6. The van der Waals surface area contributed by atoms with Crippen molar-refractivity contribution in [3.8, 4) is 0 Å². The molecule has 5 rings (SSSR count). The van der Waals surface area contributed by atoms with Gasteiger partial charge in [-0.15, -0.1) is 5.10 Å². The van der Waals surface area contributed by atoms with E-state index in [0.29, 0.717) is 5.92 Å². The van der Waals surface area contributed by atoms with E-state index in [-0.39, 0.29) is 34.4 Å². The molecule has 8 nitrogen and oxygen atoms in total. The minimum Gasteiger partial charge on any atom is -0.347 e. The van der Waals surface area contributed by atoms with Crippen molar-refractivity contribution in [1.29, 1.82) is 0 Å². The molecule has 1 atom stereocenters. The Bertz CT molecular complexity index is 785. The Balaban J connectivity index is 1.67. The number of hydrogen-bond acceptors (Lipinski definition) is 5. The number of nitrogens with one attached hydrogen (secondary N) is 1. The van der Waals surface area contributed by atoms with Crippen molar-refractivity contribution in [3.05, 3.63) is 22.5 Å². The van der Waals surface area contributed by atoms with Crippen molar-refractivity contribution in [3.63, 3.8) is 0 Å². The molecule has 0 aliphatic heterocycles. The van der Waals surface area contributed by atoms with Crippen molar-refractivity contribution in [2.75, 3.05) is 0 Å². The van der Waals surface area contributed by atoms with Gasteiger partial charge in [0.25, 0.3) is 5.91 Å². The second-order valence-corrected chi connectivity index (χ2v) is 6.06. The highest BCUT2D eigenvalue weighted by molar-refractivity contribution is 5.98. The Morgan fingerprint density at radius 2 is 2.25 bits per heavy atom. The van der Waals surface area contributed by atoms with Crippen LogP contribution in [0, 0.1) is 11.3 Å². The van der Waals surface area contributed by atoms with Gasteiger partial charge in [-0.3, -0.25) is 4.79 Å². The molecule has 2 bridgehead atoms. The lowest BCUT2D eigenvalue weighted by Crippen LogP contribution is -2.70. The third kappa shape index (κ3) is 1.28. The van der Waals surface area contributed by atoms with Crippen LogP contribution in [-0.2, 0) is 7.05 Å². The van der Waals surface area contributed by atoms with E-state index in [1.165, 1.54) is 30.6 Å². The smallest absolute Gasteiger partial charge is 0.347 e. The normalized spacial score (nSPS) is 30.7. The molecule has 3 saturated carbocycles. The fraction of sp³-hybridized carbons (Fsp3) is 0.583. The van der Waals surface area contributed by atoms with E-state index in [4.69, 9.17) is 0 Å². The fourth-order valence-corrected chi connectivity index (χ4v) is 3.42. The van der Waals surface area contributed by atoms with Crippen LogP contribution in [0.15, 0.2) is 11.1 Å². The number of nitrogens with zero attached hydrogens (tertiary/aromatic N) is 5. The van der Waals surface area contributed by atoms with E-state index >= 15 is 0 Å². The monoisotopic (exact) mass is 274 g/mol. The Hall–Kier alpha value is -2.25. The van der Waals surface area contributed by atoms with Crippen LogP contribution in [0.2, 0.25) is 0 Å². The van der Waals surface area contributed by atoms with Gasteiger partial charge in [0.05, 0.1) is 0 Å². The summed E-state index contributed by atoms with van der Waals surface area (Å²) >= 11 is 0. The van der Waals surface area contributed by atoms with Crippen LogP contribution in [0.3, 0.4) is 0 Å². The highest BCUT2D eigenvalue weighted by Gasteiger charge is 2.62. The molecule has 0 aromatic carbocycles. The Kier molecular flexibility index (Phi) is 1.99. The van der Waals surface area contributed by atoms with E-state index in [1.54, 1.807) is 0 Å². The van der Waals surface area contributed by atoms with E-state index in [9.17, 15) is 9.59 Å². The summed E-state index contributed by atoms with van der Waals surface area (Å²) < 4.78 is 2.32. The number of aryl methyl sites for hydroxylation is 1. The standard InChI is InChI=1S/C12H14N6O2/c1-12-3-6(4-12)8(12)14-10(19)7-9-15-16-17(2)11(20)18(9)5-13-7/h5-6,8H,3-4H2,1-2H3,(H,14,19). The summed E-state index contributed by atoms with van der Waals surface area (Å²) in [5.74, 6) is 0.312. The molecule has 3 aliphatic carbocycles. The number of fused-ring (bicyclic) bond motifs is 1. The average molecular weight is 274 g/mol. The number of carbonyl (C=O) groups is 1. The number of aromatic nitrogens is 5. The average Bonchev–Trinajstić information content (AvgIpc) is 2.82. The molecule has 8 heteroatoms. The molecule has 104 valence electrons. The summed E-state index contributed by atoms with van der Waals surface area (Å²) in [6, 6.07) is 0.228. The zero-order valence-electron chi connectivity index (χ0n) is 11.2. The van der Waals surface area contributed by atoms with Gasteiger partial charge < -0.3 is 5.32 Å². The first-order chi connectivity index (χ1) is 9.49. The SMILES string of the molecule is Cn1nnc2c(C(=O)NC3C4CC3(C)C4)ncn2c1=O. The Labute approximate surface area is 113 Å². The minimum atomic E-state index is -0.375. The predicted octanol–water partition coefficient (Wildman–Crippen LogP) is -0.649.